The largest absolute Gasteiger partial charge is 0.297 e. The second-order valence-electron chi connectivity index (χ2n) is 7.69. The lowest BCUT2D eigenvalue weighted by atomic mass is 9.89. The Morgan fingerprint density at radius 1 is 1.22 bits per heavy atom. The van der Waals surface area contributed by atoms with E-state index >= 15 is 0 Å². The quantitative estimate of drug-likeness (QED) is 0.725. The average molecular weight is 363 g/mol. The van der Waals surface area contributed by atoms with Crippen molar-refractivity contribution >= 4 is 0 Å². The minimum atomic E-state index is 0.460. The maximum Gasteiger partial charge on any atom is 0.204 e. The second-order valence-corrected chi connectivity index (χ2v) is 7.69. The summed E-state index contributed by atoms with van der Waals surface area (Å²) >= 11 is 0. The summed E-state index contributed by atoms with van der Waals surface area (Å²) < 4.78 is 0. The molecule has 0 spiro atoms. The molecule has 1 aromatic carbocycles. The number of likely N-dealkylation sites (tertiary alicyclic amines) is 1. The molecule has 3 aromatic rings. The van der Waals surface area contributed by atoms with Crippen LogP contribution in [-0.2, 0) is 13.0 Å². The molecule has 4 rings (SSSR count). The molecule has 140 valence electrons. The highest BCUT2D eigenvalue weighted by atomic mass is 15.5. The molecule has 1 unspecified atom stereocenters. The highest BCUT2D eigenvalue weighted by Crippen LogP contribution is 2.35. The minimum absolute atomic E-state index is 0.460. The van der Waals surface area contributed by atoms with Crippen LogP contribution < -0.4 is 0 Å². The van der Waals surface area contributed by atoms with Crippen LogP contribution in [0.4, 0.5) is 0 Å². The molecule has 0 amide bonds. The standard InChI is InChI=1S/C20H25N7/c1-14(2)10-15-5-6-18(20-23-25-26-24-20)19(11-15)16-7-9-27(12-16)13-17-4-3-8-21-22-17/h3-6,8,11,14,16H,7,9-10,12-13H2,1-2H3,(H,23,24,25,26). The van der Waals surface area contributed by atoms with Gasteiger partial charge in [0, 0.05) is 24.8 Å². The predicted octanol–water partition coefficient (Wildman–Crippen LogP) is 2.84. The van der Waals surface area contributed by atoms with E-state index in [0.717, 1.165) is 43.7 Å². The lowest BCUT2D eigenvalue weighted by Gasteiger charge is -2.18. The number of hydrogen-bond acceptors (Lipinski definition) is 6. The van der Waals surface area contributed by atoms with Crippen LogP contribution in [0, 0.1) is 5.92 Å². The molecule has 7 heteroatoms. The van der Waals surface area contributed by atoms with Gasteiger partial charge in [0.15, 0.2) is 0 Å². The van der Waals surface area contributed by atoms with Crippen LogP contribution in [0.1, 0.15) is 43.0 Å². The molecule has 0 bridgehead atoms. The van der Waals surface area contributed by atoms with Crippen LogP contribution in [0.2, 0.25) is 0 Å². The zero-order chi connectivity index (χ0) is 18.6. The Morgan fingerprint density at radius 3 is 2.89 bits per heavy atom. The molecule has 1 aliphatic rings. The van der Waals surface area contributed by atoms with E-state index in [0.29, 0.717) is 17.7 Å². The Morgan fingerprint density at radius 2 is 2.15 bits per heavy atom. The summed E-state index contributed by atoms with van der Waals surface area (Å²) in [6.07, 6.45) is 3.92. The third kappa shape index (κ3) is 4.19. The number of aromatic amines is 1. The van der Waals surface area contributed by atoms with E-state index in [9.17, 15) is 0 Å². The van der Waals surface area contributed by atoms with Gasteiger partial charge in [0.05, 0.1) is 5.69 Å². The monoisotopic (exact) mass is 363 g/mol. The van der Waals surface area contributed by atoms with Crippen LogP contribution in [0.25, 0.3) is 11.4 Å². The van der Waals surface area contributed by atoms with E-state index in [1.54, 1.807) is 6.20 Å². The number of H-pyrrole nitrogens is 1. The van der Waals surface area contributed by atoms with Gasteiger partial charge in [0.1, 0.15) is 0 Å². The van der Waals surface area contributed by atoms with Gasteiger partial charge in [0.2, 0.25) is 5.82 Å². The van der Waals surface area contributed by atoms with Gasteiger partial charge in [-0.05, 0) is 59.7 Å². The lowest BCUT2D eigenvalue weighted by Crippen LogP contribution is -2.20. The molecule has 27 heavy (non-hydrogen) atoms. The van der Waals surface area contributed by atoms with Crippen molar-refractivity contribution in [2.24, 2.45) is 5.92 Å². The van der Waals surface area contributed by atoms with Gasteiger partial charge in [-0.15, -0.1) is 10.2 Å². The Bertz CT molecular complexity index is 861. The first-order valence-electron chi connectivity index (χ1n) is 9.54. The number of hydrogen-bond donors (Lipinski definition) is 1. The summed E-state index contributed by atoms with van der Waals surface area (Å²) in [5.41, 5.74) is 4.81. The Kier molecular flexibility index (Phi) is 5.20. The first kappa shape index (κ1) is 17.7. The SMILES string of the molecule is CC(C)Cc1ccc(-c2nn[nH]n2)c(C2CCN(Cc3cccnn3)C2)c1. The van der Waals surface area contributed by atoms with Crippen molar-refractivity contribution in [1.29, 1.82) is 0 Å². The van der Waals surface area contributed by atoms with Gasteiger partial charge in [-0.2, -0.15) is 15.4 Å². The molecular weight excluding hydrogens is 338 g/mol. The van der Waals surface area contributed by atoms with Crippen molar-refractivity contribution in [2.45, 2.75) is 39.2 Å². The van der Waals surface area contributed by atoms with Crippen molar-refractivity contribution in [1.82, 2.24) is 35.7 Å². The molecule has 7 nitrogen and oxygen atoms in total. The summed E-state index contributed by atoms with van der Waals surface area (Å²) in [5, 5.41) is 23.0. The Labute approximate surface area is 159 Å². The molecule has 0 saturated carbocycles. The van der Waals surface area contributed by atoms with Crippen molar-refractivity contribution in [2.75, 3.05) is 13.1 Å². The molecule has 2 aromatic heterocycles. The maximum absolute atomic E-state index is 4.22. The summed E-state index contributed by atoms with van der Waals surface area (Å²) in [7, 11) is 0. The highest BCUT2D eigenvalue weighted by Gasteiger charge is 2.27. The molecule has 1 N–H and O–H groups in total. The zero-order valence-electron chi connectivity index (χ0n) is 15.8. The van der Waals surface area contributed by atoms with Gasteiger partial charge in [0.25, 0.3) is 0 Å². The summed E-state index contributed by atoms with van der Waals surface area (Å²) in [6, 6.07) is 10.7. The Balaban J connectivity index is 1.57. The molecule has 0 aliphatic carbocycles. The van der Waals surface area contributed by atoms with Gasteiger partial charge in [-0.3, -0.25) is 4.90 Å². The molecule has 1 aliphatic heterocycles. The van der Waals surface area contributed by atoms with Crippen molar-refractivity contribution in [3.63, 3.8) is 0 Å². The molecule has 1 fully saturated rings. The third-order valence-corrected chi connectivity index (χ3v) is 5.07. The van der Waals surface area contributed by atoms with Crippen molar-refractivity contribution in [3.8, 4) is 11.4 Å². The fraction of sp³-hybridized carbons (Fsp3) is 0.450. The number of tetrazole rings is 1. The molecular formula is C20H25N7. The fourth-order valence-corrected chi connectivity index (χ4v) is 3.90. The van der Waals surface area contributed by atoms with E-state index in [2.05, 4.69) is 67.8 Å². The van der Waals surface area contributed by atoms with E-state index in [1.807, 2.05) is 12.1 Å². The van der Waals surface area contributed by atoms with Gasteiger partial charge >= 0.3 is 0 Å². The van der Waals surface area contributed by atoms with Crippen molar-refractivity contribution in [3.05, 3.63) is 53.3 Å². The van der Waals surface area contributed by atoms with Crippen LogP contribution in [0.5, 0.6) is 0 Å². The fourth-order valence-electron chi connectivity index (χ4n) is 3.90. The molecule has 0 radical (unpaired) electrons. The van der Waals surface area contributed by atoms with Crippen LogP contribution in [-0.4, -0.2) is 48.8 Å². The summed E-state index contributed by atoms with van der Waals surface area (Å²) in [6.45, 7) is 7.41. The third-order valence-electron chi connectivity index (χ3n) is 5.07. The Hall–Kier alpha value is -2.67. The number of benzene rings is 1. The zero-order valence-corrected chi connectivity index (χ0v) is 15.8. The van der Waals surface area contributed by atoms with E-state index < -0.39 is 0 Å². The average Bonchev–Trinajstić information content (AvgIpc) is 3.34. The van der Waals surface area contributed by atoms with Crippen LogP contribution in [0.15, 0.2) is 36.5 Å². The summed E-state index contributed by atoms with van der Waals surface area (Å²) in [5.74, 6) is 1.77. The normalized spacial score (nSPS) is 17.7. The first-order chi connectivity index (χ1) is 13.2. The van der Waals surface area contributed by atoms with Gasteiger partial charge in [-0.1, -0.05) is 32.0 Å². The topological polar surface area (TPSA) is 83.5 Å². The van der Waals surface area contributed by atoms with Crippen LogP contribution >= 0.6 is 0 Å². The molecule has 1 saturated heterocycles. The molecule has 1 atom stereocenters. The summed E-state index contributed by atoms with van der Waals surface area (Å²) in [4.78, 5) is 2.45. The lowest BCUT2D eigenvalue weighted by molar-refractivity contribution is 0.321. The number of nitrogens with zero attached hydrogens (tertiary/aromatic N) is 6. The van der Waals surface area contributed by atoms with Crippen LogP contribution in [0.3, 0.4) is 0 Å². The van der Waals surface area contributed by atoms with E-state index in [1.165, 1.54) is 11.1 Å². The van der Waals surface area contributed by atoms with Crippen molar-refractivity contribution < 1.29 is 0 Å². The minimum Gasteiger partial charge on any atom is -0.297 e. The predicted molar refractivity (Wildman–Crippen MR) is 103 cm³/mol. The van der Waals surface area contributed by atoms with E-state index in [4.69, 9.17) is 0 Å². The number of aromatic nitrogens is 6. The number of rotatable bonds is 6. The first-order valence-corrected chi connectivity index (χ1v) is 9.54. The maximum atomic E-state index is 4.22. The van der Waals surface area contributed by atoms with E-state index in [-0.39, 0.29) is 0 Å². The smallest absolute Gasteiger partial charge is 0.204 e. The second kappa shape index (κ2) is 7.92. The number of nitrogens with one attached hydrogen (secondary N) is 1. The molecule has 3 heterocycles. The highest BCUT2D eigenvalue weighted by molar-refractivity contribution is 5.61. The van der Waals surface area contributed by atoms with Gasteiger partial charge < -0.3 is 0 Å². The van der Waals surface area contributed by atoms with Gasteiger partial charge in [-0.25, -0.2) is 0 Å².